The van der Waals surface area contributed by atoms with Gasteiger partial charge in [0.15, 0.2) is 0 Å². The fourth-order valence-electron chi connectivity index (χ4n) is 1.34. The molecular weight excluding hydrogens is 181 g/mol. The van der Waals surface area contributed by atoms with Gasteiger partial charge in [0.2, 0.25) is 0 Å². The molecule has 4 heteroatoms. The van der Waals surface area contributed by atoms with Gasteiger partial charge in [-0.2, -0.15) is 13.2 Å². The summed E-state index contributed by atoms with van der Waals surface area (Å²) in [6.07, 6.45) is -2.97. The Labute approximate surface area is 74.5 Å². The molecule has 0 N–H and O–H groups in total. The maximum Gasteiger partial charge on any atom is 0.399 e. The Bertz CT molecular complexity index is 248. The van der Waals surface area contributed by atoms with Crippen LogP contribution >= 0.6 is 0 Å². The third kappa shape index (κ3) is 2.26. The van der Waals surface area contributed by atoms with Crippen molar-refractivity contribution in [3.05, 3.63) is 24.2 Å². The third-order valence-electron chi connectivity index (χ3n) is 1.87. The predicted molar refractivity (Wildman–Crippen MR) is 42.3 cm³/mol. The second kappa shape index (κ2) is 3.44. The highest BCUT2D eigenvalue weighted by Crippen LogP contribution is 2.40. The molecule has 0 aliphatic heterocycles. The van der Waals surface area contributed by atoms with Crippen LogP contribution < -0.4 is 0 Å². The molecule has 13 heavy (non-hydrogen) atoms. The van der Waals surface area contributed by atoms with Crippen molar-refractivity contribution < 1.29 is 17.6 Å². The molecule has 1 aromatic heterocycles. The molecule has 0 aliphatic carbocycles. The molecule has 0 aliphatic rings. The number of rotatable bonds is 2. The minimum absolute atomic E-state index is 0.0116. The fourth-order valence-corrected chi connectivity index (χ4v) is 1.34. The number of halogens is 3. The Balaban J connectivity index is 2.94. The first-order valence-electron chi connectivity index (χ1n) is 4.03. The molecule has 1 aromatic rings. The molecule has 0 saturated heterocycles. The Morgan fingerprint density at radius 2 is 1.92 bits per heavy atom. The summed E-state index contributed by atoms with van der Waals surface area (Å²) < 4.78 is 42.2. The van der Waals surface area contributed by atoms with Crippen LogP contribution in [0.2, 0.25) is 0 Å². The van der Waals surface area contributed by atoms with E-state index in [4.69, 9.17) is 4.42 Å². The average Bonchev–Trinajstić information content (AvgIpc) is 2.34. The lowest BCUT2D eigenvalue weighted by Crippen LogP contribution is -2.24. The van der Waals surface area contributed by atoms with E-state index in [0.717, 1.165) is 0 Å². The van der Waals surface area contributed by atoms with Crippen LogP contribution in [0.25, 0.3) is 0 Å². The zero-order chi connectivity index (χ0) is 10.1. The highest BCUT2D eigenvalue weighted by atomic mass is 19.4. The monoisotopic (exact) mass is 192 g/mol. The van der Waals surface area contributed by atoms with Crippen molar-refractivity contribution in [1.82, 2.24) is 0 Å². The lowest BCUT2D eigenvalue weighted by atomic mass is 9.93. The molecule has 1 atom stereocenters. The van der Waals surface area contributed by atoms with Gasteiger partial charge in [-0.15, -0.1) is 0 Å². The molecule has 0 fully saturated rings. The molecule has 0 aromatic carbocycles. The number of hydrogen-bond acceptors (Lipinski definition) is 1. The molecule has 0 saturated carbocycles. The van der Waals surface area contributed by atoms with Gasteiger partial charge >= 0.3 is 6.18 Å². The first-order chi connectivity index (χ1) is 5.93. The molecule has 1 unspecified atom stereocenters. The minimum atomic E-state index is -4.23. The van der Waals surface area contributed by atoms with E-state index < -0.39 is 18.0 Å². The average molecular weight is 192 g/mol. The summed E-state index contributed by atoms with van der Waals surface area (Å²) in [5.41, 5.74) is 0. The summed E-state index contributed by atoms with van der Waals surface area (Å²) in [5.74, 6) is -2.02. The van der Waals surface area contributed by atoms with Crippen molar-refractivity contribution >= 4 is 0 Å². The minimum Gasteiger partial charge on any atom is -0.469 e. The summed E-state index contributed by atoms with van der Waals surface area (Å²) >= 11 is 0. The normalized spacial score (nSPS) is 14.9. The highest BCUT2D eigenvalue weighted by molar-refractivity contribution is 5.08. The first kappa shape index (κ1) is 10.2. The number of hydrogen-bond donors (Lipinski definition) is 0. The van der Waals surface area contributed by atoms with Crippen LogP contribution in [-0.2, 0) is 0 Å². The largest absolute Gasteiger partial charge is 0.469 e. The van der Waals surface area contributed by atoms with E-state index in [2.05, 4.69) is 0 Å². The number of furan rings is 1. The predicted octanol–water partition coefficient (Wildman–Crippen LogP) is 3.58. The SMILES string of the molecule is CC(C)C(c1ccco1)C(F)(F)F. The summed E-state index contributed by atoms with van der Waals surface area (Å²) in [6.45, 7) is 3.06. The third-order valence-corrected chi connectivity index (χ3v) is 1.87. The molecule has 74 valence electrons. The Morgan fingerprint density at radius 1 is 1.31 bits per heavy atom. The van der Waals surface area contributed by atoms with Crippen molar-refractivity contribution in [1.29, 1.82) is 0 Å². The molecular formula is C9H11F3O. The summed E-state index contributed by atoms with van der Waals surface area (Å²) in [7, 11) is 0. The van der Waals surface area contributed by atoms with Gasteiger partial charge in [0.25, 0.3) is 0 Å². The van der Waals surface area contributed by atoms with Crippen molar-refractivity contribution in [2.24, 2.45) is 5.92 Å². The standard InChI is InChI=1S/C9H11F3O/c1-6(2)8(9(10,11)12)7-4-3-5-13-7/h3-6,8H,1-2H3. The topological polar surface area (TPSA) is 13.1 Å². The van der Waals surface area contributed by atoms with Gasteiger partial charge in [-0.1, -0.05) is 13.8 Å². The summed E-state index contributed by atoms with van der Waals surface area (Å²) in [4.78, 5) is 0. The van der Waals surface area contributed by atoms with E-state index in [1.165, 1.54) is 32.2 Å². The quantitative estimate of drug-likeness (QED) is 0.698. The van der Waals surface area contributed by atoms with Crippen LogP contribution in [0.1, 0.15) is 25.5 Å². The van der Waals surface area contributed by atoms with E-state index >= 15 is 0 Å². The van der Waals surface area contributed by atoms with Crippen molar-refractivity contribution in [3.63, 3.8) is 0 Å². The van der Waals surface area contributed by atoms with E-state index in [0.29, 0.717) is 0 Å². The second-order valence-corrected chi connectivity index (χ2v) is 3.28. The first-order valence-corrected chi connectivity index (χ1v) is 4.03. The smallest absolute Gasteiger partial charge is 0.399 e. The van der Waals surface area contributed by atoms with Crippen LogP contribution in [0.3, 0.4) is 0 Å². The Morgan fingerprint density at radius 3 is 2.23 bits per heavy atom. The van der Waals surface area contributed by atoms with E-state index in [1.807, 2.05) is 0 Å². The molecule has 1 rings (SSSR count). The molecule has 0 spiro atoms. The van der Waals surface area contributed by atoms with Crippen molar-refractivity contribution in [2.75, 3.05) is 0 Å². The second-order valence-electron chi connectivity index (χ2n) is 3.28. The zero-order valence-corrected chi connectivity index (χ0v) is 7.43. The van der Waals surface area contributed by atoms with Gasteiger partial charge in [0.1, 0.15) is 11.7 Å². The maximum absolute atomic E-state index is 12.5. The van der Waals surface area contributed by atoms with Gasteiger partial charge in [0, 0.05) is 0 Å². The highest BCUT2D eigenvalue weighted by Gasteiger charge is 2.44. The Hall–Kier alpha value is -0.930. The van der Waals surface area contributed by atoms with Crippen molar-refractivity contribution in [2.45, 2.75) is 25.9 Å². The summed E-state index contributed by atoms with van der Waals surface area (Å²) in [5, 5.41) is 0. The van der Waals surface area contributed by atoms with Crippen LogP contribution in [0.5, 0.6) is 0 Å². The van der Waals surface area contributed by atoms with Gasteiger partial charge < -0.3 is 4.42 Å². The Kier molecular flexibility index (Phi) is 2.68. The van der Waals surface area contributed by atoms with Crippen LogP contribution in [-0.4, -0.2) is 6.18 Å². The number of alkyl halides is 3. The van der Waals surface area contributed by atoms with Crippen LogP contribution in [0.15, 0.2) is 22.8 Å². The zero-order valence-electron chi connectivity index (χ0n) is 7.43. The van der Waals surface area contributed by atoms with Gasteiger partial charge in [-0.05, 0) is 18.1 Å². The molecule has 1 heterocycles. The van der Waals surface area contributed by atoms with E-state index in [-0.39, 0.29) is 5.76 Å². The van der Waals surface area contributed by atoms with Crippen LogP contribution in [0.4, 0.5) is 13.2 Å². The van der Waals surface area contributed by atoms with Crippen LogP contribution in [0, 0.1) is 5.92 Å². The van der Waals surface area contributed by atoms with Gasteiger partial charge in [0.05, 0.1) is 6.26 Å². The molecule has 0 amide bonds. The van der Waals surface area contributed by atoms with E-state index in [9.17, 15) is 13.2 Å². The lowest BCUT2D eigenvalue weighted by molar-refractivity contribution is -0.163. The molecule has 1 nitrogen and oxygen atoms in total. The van der Waals surface area contributed by atoms with Crippen molar-refractivity contribution in [3.8, 4) is 0 Å². The molecule has 0 radical (unpaired) electrons. The van der Waals surface area contributed by atoms with Gasteiger partial charge in [-0.25, -0.2) is 0 Å². The fraction of sp³-hybridized carbons (Fsp3) is 0.556. The molecule has 0 bridgehead atoms. The summed E-state index contributed by atoms with van der Waals surface area (Å²) in [6, 6.07) is 2.83. The maximum atomic E-state index is 12.5. The van der Waals surface area contributed by atoms with Gasteiger partial charge in [-0.3, -0.25) is 0 Å². The van der Waals surface area contributed by atoms with E-state index in [1.54, 1.807) is 0 Å². The lowest BCUT2D eigenvalue weighted by Gasteiger charge is -2.21.